The second kappa shape index (κ2) is 8.92. The number of fused-ring (bicyclic) bond motifs is 4. The first-order chi connectivity index (χ1) is 16.4. The Morgan fingerprint density at radius 3 is 2.94 bits per heavy atom. The van der Waals surface area contributed by atoms with Crippen LogP contribution in [0.25, 0.3) is 16.6 Å². The molecule has 8 heteroatoms. The molecule has 3 aliphatic rings. The number of benzene rings is 1. The van der Waals surface area contributed by atoms with Gasteiger partial charge in [-0.1, -0.05) is 13.8 Å². The molecule has 34 heavy (non-hydrogen) atoms. The third kappa shape index (κ3) is 3.91. The van der Waals surface area contributed by atoms with Crippen molar-refractivity contribution in [3.05, 3.63) is 52.2 Å². The Morgan fingerprint density at radius 1 is 1.32 bits per heavy atom. The quantitative estimate of drug-likeness (QED) is 0.538. The molecule has 3 aliphatic heterocycles. The van der Waals surface area contributed by atoms with Crippen LogP contribution in [0.15, 0.2) is 35.4 Å². The van der Waals surface area contributed by atoms with Crippen LogP contribution in [-0.2, 0) is 17.7 Å². The summed E-state index contributed by atoms with van der Waals surface area (Å²) in [5, 5.41) is 23.3. The maximum Gasteiger partial charge on any atom is 0.404 e. The number of aryl methyl sites for hydroxylation is 1. The Bertz CT molecular complexity index is 1200. The van der Waals surface area contributed by atoms with E-state index in [0.717, 1.165) is 58.7 Å². The molecule has 0 bridgehead atoms. The molecule has 2 aromatic rings. The van der Waals surface area contributed by atoms with Crippen LogP contribution < -0.4 is 10.1 Å². The smallest absolute Gasteiger partial charge is 0.404 e. The van der Waals surface area contributed by atoms with Crippen LogP contribution in [0.2, 0.25) is 0 Å². The monoisotopic (exact) mass is 465 g/mol. The van der Waals surface area contributed by atoms with E-state index in [1.807, 2.05) is 25.1 Å². The van der Waals surface area contributed by atoms with E-state index >= 15 is 0 Å². The van der Waals surface area contributed by atoms with Crippen LogP contribution in [-0.4, -0.2) is 64.7 Å². The molecule has 1 amide bonds. The van der Waals surface area contributed by atoms with Crippen molar-refractivity contribution in [2.75, 3.05) is 32.9 Å². The SMILES string of the molecule is CCc1c2c(nc3ccc(OCCCNC(=O)O)cc13)C1=CC3=C(COC[C@]3(O)CC)CN1C2. The van der Waals surface area contributed by atoms with Gasteiger partial charge in [0.1, 0.15) is 11.4 Å². The molecule has 1 atom stereocenters. The van der Waals surface area contributed by atoms with E-state index in [4.69, 9.17) is 19.6 Å². The summed E-state index contributed by atoms with van der Waals surface area (Å²) in [7, 11) is 0. The van der Waals surface area contributed by atoms with Crippen molar-refractivity contribution in [1.82, 2.24) is 15.2 Å². The molecule has 5 rings (SSSR count). The lowest BCUT2D eigenvalue weighted by Crippen LogP contribution is -2.43. The van der Waals surface area contributed by atoms with Gasteiger partial charge < -0.3 is 29.9 Å². The molecule has 0 radical (unpaired) electrons. The number of carboxylic acid groups (broad SMARTS) is 1. The molecule has 3 N–H and O–H groups in total. The second-order valence-corrected chi connectivity index (χ2v) is 9.16. The number of pyridine rings is 1. The minimum absolute atomic E-state index is 0.333. The fourth-order valence-corrected chi connectivity index (χ4v) is 5.26. The molecule has 0 spiro atoms. The normalized spacial score (nSPS) is 21.1. The molecule has 0 saturated heterocycles. The molecule has 180 valence electrons. The zero-order chi connectivity index (χ0) is 23.9. The minimum atomic E-state index is -1.02. The molecule has 0 saturated carbocycles. The van der Waals surface area contributed by atoms with E-state index < -0.39 is 11.7 Å². The van der Waals surface area contributed by atoms with Gasteiger partial charge in [-0.05, 0) is 60.2 Å². The molecule has 1 aromatic heterocycles. The molecule has 8 nitrogen and oxygen atoms in total. The van der Waals surface area contributed by atoms with Gasteiger partial charge in [0, 0.05) is 30.6 Å². The molecule has 0 fully saturated rings. The van der Waals surface area contributed by atoms with Crippen molar-refractivity contribution in [3.63, 3.8) is 0 Å². The van der Waals surface area contributed by atoms with Crippen molar-refractivity contribution in [3.8, 4) is 5.75 Å². The number of hydrogen-bond acceptors (Lipinski definition) is 6. The van der Waals surface area contributed by atoms with Crippen LogP contribution >= 0.6 is 0 Å². The molecular weight excluding hydrogens is 434 g/mol. The lowest BCUT2D eigenvalue weighted by Gasteiger charge is -2.39. The fourth-order valence-electron chi connectivity index (χ4n) is 5.26. The number of ether oxygens (including phenoxy) is 2. The molecule has 0 aliphatic carbocycles. The van der Waals surface area contributed by atoms with E-state index in [1.165, 1.54) is 11.1 Å². The summed E-state index contributed by atoms with van der Waals surface area (Å²) in [6.07, 6.45) is 3.21. The highest BCUT2D eigenvalue weighted by molar-refractivity contribution is 5.89. The summed E-state index contributed by atoms with van der Waals surface area (Å²) in [4.78, 5) is 18.0. The summed E-state index contributed by atoms with van der Waals surface area (Å²) in [5.74, 6) is 0.761. The summed E-state index contributed by atoms with van der Waals surface area (Å²) in [6.45, 7) is 7.39. The predicted molar refractivity (Wildman–Crippen MR) is 129 cm³/mol. The topological polar surface area (TPSA) is 104 Å². The van der Waals surface area contributed by atoms with Gasteiger partial charge in [0.2, 0.25) is 0 Å². The van der Waals surface area contributed by atoms with Crippen LogP contribution in [0.3, 0.4) is 0 Å². The van der Waals surface area contributed by atoms with Crippen molar-refractivity contribution in [1.29, 1.82) is 0 Å². The fraction of sp³-hybridized carbons (Fsp3) is 0.462. The average Bonchev–Trinajstić information content (AvgIpc) is 3.18. The average molecular weight is 466 g/mol. The third-order valence-corrected chi connectivity index (χ3v) is 7.07. The van der Waals surface area contributed by atoms with E-state index in [1.54, 1.807) is 0 Å². The highest BCUT2D eigenvalue weighted by atomic mass is 16.5. The van der Waals surface area contributed by atoms with Crippen molar-refractivity contribution >= 4 is 22.7 Å². The van der Waals surface area contributed by atoms with Gasteiger partial charge in [0.05, 0.1) is 36.7 Å². The number of aliphatic hydroxyl groups is 1. The lowest BCUT2D eigenvalue weighted by molar-refractivity contribution is -0.0311. The van der Waals surface area contributed by atoms with Gasteiger partial charge in [-0.15, -0.1) is 0 Å². The Kier molecular flexibility index (Phi) is 5.95. The Morgan fingerprint density at radius 2 is 2.18 bits per heavy atom. The van der Waals surface area contributed by atoms with E-state index in [2.05, 4.69) is 23.2 Å². The van der Waals surface area contributed by atoms with Crippen molar-refractivity contribution in [2.24, 2.45) is 0 Å². The van der Waals surface area contributed by atoms with Gasteiger partial charge >= 0.3 is 6.09 Å². The van der Waals surface area contributed by atoms with Crippen molar-refractivity contribution in [2.45, 2.75) is 45.3 Å². The van der Waals surface area contributed by atoms with Crippen molar-refractivity contribution < 1.29 is 24.5 Å². The first kappa shape index (κ1) is 22.7. The maximum atomic E-state index is 11.2. The molecule has 1 aromatic carbocycles. The highest BCUT2D eigenvalue weighted by Crippen LogP contribution is 2.44. The highest BCUT2D eigenvalue weighted by Gasteiger charge is 2.40. The van der Waals surface area contributed by atoms with Gasteiger partial charge in [-0.2, -0.15) is 0 Å². The Balaban J connectivity index is 1.46. The Hall–Kier alpha value is -3.10. The number of nitrogens with zero attached hydrogens (tertiary/aromatic N) is 2. The number of hydrogen-bond donors (Lipinski definition) is 3. The molecule has 0 unspecified atom stereocenters. The number of amides is 1. The lowest BCUT2D eigenvalue weighted by atomic mass is 9.83. The second-order valence-electron chi connectivity index (χ2n) is 9.16. The van der Waals surface area contributed by atoms with Crippen LogP contribution in [0.4, 0.5) is 4.79 Å². The van der Waals surface area contributed by atoms with Crippen LogP contribution in [0.5, 0.6) is 5.75 Å². The van der Waals surface area contributed by atoms with Crippen LogP contribution in [0.1, 0.15) is 43.5 Å². The minimum Gasteiger partial charge on any atom is -0.494 e. The van der Waals surface area contributed by atoms with Gasteiger partial charge in [0.25, 0.3) is 0 Å². The van der Waals surface area contributed by atoms with Gasteiger partial charge in [-0.25, -0.2) is 9.78 Å². The predicted octanol–water partition coefficient (Wildman–Crippen LogP) is 3.47. The summed E-state index contributed by atoms with van der Waals surface area (Å²) < 4.78 is 11.6. The van der Waals surface area contributed by atoms with Gasteiger partial charge in [-0.3, -0.25) is 0 Å². The molecular formula is C26H31N3O5. The number of nitrogens with one attached hydrogen (secondary N) is 1. The number of aromatic nitrogens is 1. The Labute approximate surface area is 198 Å². The standard InChI is InChI=1S/C26H31N3O5/c1-3-18-19-10-17(34-9-5-8-27-25(30)31)6-7-22(19)28-24-20(18)13-29-12-16-14-33-15-26(32,4-2)21(16)11-23(24)29/h6-7,10-11,27,32H,3-5,8-9,12-15H2,1-2H3,(H,30,31)/t26-/m1/s1. The zero-order valence-electron chi connectivity index (χ0n) is 19.7. The number of carbonyl (C=O) groups is 1. The third-order valence-electron chi connectivity index (χ3n) is 7.07. The van der Waals surface area contributed by atoms with Crippen LogP contribution in [0, 0.1) is 0 Å². The number of rotatable bonds is 7. The van der Waals surface area contributed by atoms with E-state index in [9.17, 15) is 9.90 Å². The van der Waals surface area contributed by atoms with E-state index in [0.29, 0.717) is 39.2 Å². The zero-order valence-corrected chi connectivity index (χ0v) is 19.7. The molecule has 4 heterocycles. The largest absolute Gasteiger partial charge is 0.494 e. The van der Waals surface area contributed by atoms with Gasteiger partial charge in [0.15, 0.2) is 0 Å². The van der Waals surface area contributed by atoms with E-state index in [-0.39, 0.29) is 0 Å². The first-order valence-electron chi connectivity index (χ1n) is 12.0. The first-order valence-corrected chi connectivity index (χ1v) is 12.0. The summed E-state index contributed by atoms with van der Waals surface area (Å²) >= 11 is 0. The summed E-state index contributed by atoms with van der Waals surface area (Å²) in [5.41, 5.74) is 6.75. The maximum absolute atomic E-state index is 11.2. The summed E-state index contributed by atoms with van der Waals surface area (Å²) in [6, 6.07) is 5.96.